The molecule has 1 aliphatic heterocycles. The van der Waals surface area contributed by atoms with Crippen molar-refractivity contribution in [3.8, 4) is 0 Å². The molecule has 0 atom stereocenters. The van der Waals surface area contributed by atoms with Crippen molar-refractivity contribution >= 4 is 23.4 Å². The summed E-state index contributed by atoms with van der Waals surface area (Å²) < 4.78 is 0. The molecule has 22 heavy (non-hydrogen) atoms. The van der Waals surface area contributed by atoms with Gasteiger partial charge >= 0.3 is 0 Å². The quantitative estimate of drug-likeness (QED) is 0.809. The second kappa shape index (κ2) is 6.53. The predicted octanol–water partition coefficient (Wildman–Crippen LogP) is 3.77. The van der Waals surface area contributed by atoms with Gasteiger partial charge in [-0.1, -0.05) is 36.0 Å². The summed E-state index contributed by atoms with van der Waals surface area (Å²) in [6.07, 6.45) is 3.88. The Morgan fingerprint density at radius 1 is 1.23 bits per heavy atom. The highest BCUT2D eigenvalue weighted by atomic mass is 32.2. The van der Waals surface area contributed by atoms with Gasteiger partial charge in [-0.15, -0.1) is 0 Å². The number of carbonyl (C=O) groups excluding carboxylic acids is 1. The fourth-order valence-corrected chi connectivity index (χ4v) is 3.77. The second-order valence-corrected chi connectivity index (χ2v) is 6.61. The van der Waals surface area contributed by atoms with Crippen molar-refractivity contribution in [3.63, 3.8) is 0 Å². The summed E-state index contributed by atoms with van der Waals surface area (Å²) in [4.78, 5) is 19.0. The molecule has 0 fully saturated rings. The number of aromatic nitrogens is 1. The molecular weight excluding hydrogens is 292 g/mol. The van der Waals surface area contributed by atoms with Gasteiger partial charge in [-0.3, -0.25) is 4.79 Å². The second-order valence-electron chi connectivity index (χ2n) is 5.65. The van der Waals surface area contributed by atoms with E-state index < -0.39 is 0 Å². The van der Waals surface area contributed by atoms with Crippen molar-refractivity contribution in [1.82, 2.24) is 4.98 Å². The van der Waals surface area contributed by atoms with Crippen molar-refractivity contribution in [2.24, 2.45) is 0 Å². The number of aryl methyl sites for hydroxylation is 3. The normalized spacial score (nSPS) is 13.8. The van der Waals surface area contributed by atoms with Gasteiger partial charge in [0.1, 0.15) is 0 Å². The van der Waals surface area contributed by atoms with Crippen LogP contribution in [0.25, 0.3) is 0 Å². The van der Waals surface area contributed by atoms with Crippen molar-refractivity contribution in [2.45, 2.75) is 31.7 Å². The Morgan fingerprint density at radius 2 is 2.05 bits per heavy atom. The van der Waals surface area contributed by atoms with Crippen LogP contribution in [-0.4, -0.2) is 23.2 Å². The molecule has 4 heteroatoms. The van der Waals surface area contributed by atoms with Crippen molar-refractivity contribution in [1.29, 1.82) is 0 Å². The minimum atomic E-state index is 0.172. The van der Waals surface area contributed by atoms with Crippen molar-refractivity contribution < 1.29 is 4.79 Å². The van der Waals surface area contributed by atoms with Crippen LogP contribution in [0.5, 0.6) is 0 Å². The van der Waals surface area contributed by atoms with Crippen LogP contribution in [0.2, 0.25) is 0 Å². The van der Waals surface area contributed by atoms with Crippen LogP contribution < -0.4 is 4.90 Å². The molecule has 1 aromatic heterocycles. The molecule has 0 bridgehead atoms. The Balaban J connectivity index is 1.76. The average Bonchev–Trinajstić information content (AvgIpc) is 2.53. The first-order valence-electron chi connectivity index (χ1n) is 7.60. The third-order valence-electron chi connectivity index (χ3n) is 4.01. The number of nitrogens with zero attached hydrogens (tertiary/aromatic N) is 2. The standard InChI is InChI=1S/C18H20N2OS/c1-13-6-3-8-15-9-5-11-20(17(13)15)16(21)12-22-18-14(2)7-4-10-19-18/h3-4,6-8,10H,5,9,11-12H2,1-2H3. The summed E-state index contributed by atoms with van der Waals surface area (Å²) in [6, 6.07) is 10.2. The Hall–Kier alpha value is -1.81. The van der Waals surface area contributed by atoms with E-state index in [9.17, 15) is 4.79 Å². The zero-order chi connectivity index (χ0) is 15.5. The first-order valence-corrected chi connectivity index (χ1v) is 8.58. The third kappa shape index (κ3) is 3.02. The Morgan fingerprint density at radius 3 is 2.86 bits per heavy atom. The Bertz CT molecular complexity index is 699. The fraction of sp³-hybridized carbons (Fsp3) is 0.333. The predicted molar refractivity (Wildman–Crippen MR) is 91.6 cm³/mol. The smallest absolute Gasteiger partial charge is 0.237 e. The lowest BCUT2D eigenvalue weighted by Crippen LogP contribution is -2.37. The Kier molecular flexibility index (Phi) is 4.48. The summed E-state index contributed by atoms with van der Waals surface area (Å²) >= 11 is 1.53. The summed E-state index contributed by atoms with van der Waals surface area (Å²) in [5.74, 6) is 0.608. The molecule has 1 amide bonds. The lowest BCUT2D eigenvalue weighted by atomic mass is 9.98. The number of pyridine rings is 1. The fourth-order valence-electron chi connectivity index (χ4n) is 2.93. The van der Waals surface area contributed by atoms with Gasteiger partial charge in [0, 0.05) is 18.4 Å². The molecule has 0 radical (unpaired) electrons. The number of carbonyl (C=O) groups is 1. The highest BCUT2D eigenvalue weighted by Gasteiger charge is 2.24. The van der Waals surface area contributed by atoms with E-state index in [1.54, 1.807) is 6.20 Å². The van der Waals surface area contributed by atoms with E-state index in [0.717, 1.165) is 35.7 Å². The molecule has 0 unspecified atom stereocenters. The number of amides is 1. The largest absolute Gasteiger partial charge is 0.311 e. The van der Waals surface area contributed by atoms with Crippen molar-refractivity contribution in [2.75, 3.05) is 17.2 Å². The SMILES string of the molecule is Cc1cccnc1SCC(=O)N1CCCc2cccc(C)c21. The first-order chi connectivity index (χ1) is 10.7. The molecule has 0 saturated carbocycles. The lowest BCUT2D eigenvalue weighted by Gasteiger charge is -2.31. The van der Waals surface area contributed by atoms with Crippen LogP contribution in [0.15, 0.2) is 41.6 Å². The van der Waals surface area contributed by atoms with E-state index in [-0.39, 0.29) is 5.91 Å². The van der Waals surface area contributed by atoms with Crippen LogP contribution in [0.1, 0.15) is 23.1 Å². The maximum absolute atomic E-state index is 12.7. The lowest BCUT2D eigenvalue weighted by molar-refractivity contribution is -0.116. The van der Waals surface area contributed by atoms with E-state index in [0.29, 0.717) is 5.75 Å². The minimum Gasteiger partial charge on any atom is -0.311 e. The number of thioether (sulfide) groups is 1. The minimum absolute atomic E-state index is 0.172. The van der Waals surface area contributed by atoms with E-state index in [4.69, 9.17) is 0 Å². The maximum Gasteiger partial charge on any atom is 0.237 e. The van der Waals surface area contributed by atoms with Gasteiger partial charge in [0.15, 0.2) is 0 Å². The molecule has 3 nitrogen and oxygen atoms in total. The molecule has 2 aromatic rings. The number of para-hydroxylation sites is 1. The maximum atomic E-state index is 12.7. The number of hydrogen-bond acceptors (Lipinski definition) is 3. The summed E-state index contributed by atoms with van der Waals surface area (Å²) in [5, 5.41) is 0.942. The summed E-state index contributed by atoms with van der Waals surface area (Å²) in [5.41, 5.74) is 4.72. The number of benzene rings is 1. The van der Waals surface area contributed by atoms with E-state index in [2.05, 4.69) is 30.1 Å². The van der Waals surface area contributed by atoms with Gasteiger partial charge in [0.2, 0.25) is 5.91 Å². The van der Waals surface area contributed by atoms with Gasteiger partial charge in [0.05, 0.1) is 10.8 Å². The van der Waals surface area contributed by atoms with E-state index in [1.165, 1.54) is 22.9 Å². The topological polar surface area (TPSA) is 33.2 Å². The number of fused-ring (bicyclic) bond motifs is 1. The molecule has 0 spiro atoms. The van der Waals surface area contributed by atoms with Gasteiger partial charge < -0.3 is 4.90 Å². The van der Waals surface area contributed by atoms with Crippen LogP contribution in [-0.2, 0) is 11.2 Å². The van der Waals surface area contributed by atoms with Crippen LogP contribution in [0.4, 0.5) is 5.69 Å². The van der Waals surface area contributed by atoms with Crippen LogP contribution in [0, 0.1) is 13.8 Å². The van der Waals surface area contributed by atoms with Crippen LogP contribution >= 0.6 is 11.8 Å². The first kappa shape index (κ1) is 15.1. The monoisotopic (exact) mass is 312 g/mol. The summed E-state index contributed by atoms with van der Waals surface area (Å²) in [7, 11) is 0. The van der Waals surface area contributed by atoms with E-state index >= 15 is 0 Å². The molecule has 3 rings (SSSR count). The highest BCUT2D eigenvalue weighted by molar-refractivity contribution is 8.00. The molecule has 0 N–H and O–H groups in total. The molecular formula is C18H20N2OS. The van der Waals surface area contributed by atoms with Gasteiger partial charge in [-0.2, -0.15) is 0 Å². The number of hydrogen-bond donors (Lipinski definition) is 0. The zero-order valence-electron chi connectivity index (χ0n) is 13.0. The number of rotatable bonds is 3. The summed E-state index contributed by atoms with van der Waals surface area (Å²) in [6.45, 7) is 4.93. The zero-order valence-corrected chi connectivity index (χ0v) is 13.8. The molecule has 0 aliphatic carbocycles. The Labute approximate surface area is 135 Å². The van der Waals surface area contributed by atoms with Crippen LogP contribution in [0.3, 0.4) is 0 Å². The molecule has 114 valence electrons. The molecule has 1 aliphatic rings. The highest BCUT2D eigenvalue weighted by Crippen LogP contribution is 2.31. The van der Waals surface area contributed by atoms with Gasteiger partial charge in [-0.05, 0) is 49.4 Å². The average molecular weight is 312 g/mol. The third-order valence-corrected chi connectivity index (χ3v) is 5.11. The molecule has 1 aromatic carbocycles. The molecule has 2 heterocycles. The van der Waals surface area contributed by atoms with Crippen molar-refractivity contribution in [3.05, 3.63) is 53.2 Å². The van der Waals surface area contributed by atoms with Gasteiger partial charge in [-0.25, -0.2) is 4.98 Å². The van der Waals surface area contributed by atoms with E-state index in [1.807, 2.05) is 24.0 Å². The van der Waals surface area contributed by atoms with Gasteiger partial charge in [0.25, 0.3) is 0 Å². The molecule has 0 saturated heterocycles. The number of anilines is 1.